The number of hydrogen-bond donors (Lipinski definition) is 1. The third-order valence-electron chi connectivity index (χ3n) is 4.58. The molecule has 1 heterocycles. The average Bonchev–Trinajstić information content (AvgIpc) is 2.65. The van der Waals surface area contributed by atoms with Crippen molar-refractivity contribution in [2.24, 2.45) is 4.99 Å². The first-order valence-electron chi connectivity index (χ1n) is 9.67. The summed E-state index contributed by atoms with van der Waals surface area (Å²) in [5.74, 6) is -1.04. The number of nitrogens with zero attached hydrogens (tertiary/aromatic N) is 3. The van der Waals surface area contributed by atoms with Gasteiger partial charge in [-0.2, -0.15) is 0 Å². The SMILES string of the molecule is CCN=CN1C(=O)C(=O)N(Cc2ccc(OC)cc2)C(C(=O)NC(C)(C)C)C1C. The second kappa shape index (κ2) is 9.07. The molecule has 1 fully saturated rings. The quantitative estimate of drug-likeness (QED) is 0.444. The van der Waals surface area contributed by atoms with Crippen LogP contribution in [0.1, 0.15) is 40.2 Å². The van der Waals surface area contributed by atoms with Gasteiger partial charge in [-0.1, -0.05) is 12.1 Å². The molecule has 3 amide bonds. The zero-order valence-electron chi connectivity index (χ0n) is 17.9. The van der Waals surface area contributed by atoms with Crippen molar-refractivity contribution in [1.82, 2.24) is 15.1 Å². The maximum Gasteiger partial charge on any atom is 0.317 e. The van der Waals surface area contributed by atoms with Crippen molar-refractivity contribution in [1.29, 1.82) is 0 Å². The fraction of sp³-hybridized carbons (Fsp3) is 0.524. The van der Waals surface area contributed by atoms with Crippen LogP contribution in [0.4, 0.5) is 0 Å². The zero-order chi connectivity index (χ0) is 21.8. The van der Waals surface area contributed by atoms with E-state index in [1.165, 1.54) is 16.1 Å². The molecule has 0 bridgehead atoms. The number of nitrogens with one attached hydrogen (secondary N) is 1. The third kappa shape index (κ3) is 5.34. The molecule has 2 unspecified atom stereocenters. The minimum absolute atomic E-state index is 0.139. The molecule has 2 atom stereocenters. The van der Waals surface area contributed by atoms with Crippen LogP contribution in [0.3, 0.4) is 0 Å². The lowest BCUT2D eigenvalue weighted by Gasteiger charge is -2.43. The molecule has 29 heavy (non-hydrogen) atoms. The van der Waals surface area contributed by atoms with Gasteiger partial charge in [0.1, 0.15) is 11.8 Å². The number of methoxy groups -OCH3 is 1. The van der Waals surface area contributed by atoms with Gasteiger partial charge in [-0.25, -0.2) is 0 Å². The molecule has 158 valence electrons. The molecule has 1 N–H and O–H groups in total. The van der Waals surface area contributed by atoms with Gasteiger partial charge in [0, 0.05) is 18.6 Å². The summed E-state index contributed by atoms with van der Waals surface area (Å²) in [6.45, 7) is 9.80. The molecule has 1 saturated heterocycles. The second-order valence-electron chi connectivity index (χ2n) is 8.03. The Morgan fingerprint density at radius 2 is 1.83 bits per heavy atom. The van der Waals surface area contributed by atoms with E-state index >= 15 is 0 Å². The third-order valence-corrected chi connectivity index (χ3v) is 4.58. The van der Waals surface area contributed by atoms with Crippen molar-refractivity contribution in [2.45, 2.75) is 58.8 Å². The summed E-state index contributed by atoms with van der Waals surface area (Å²) in [7, 11) is 1.57. The van der Waals surface area contributed by atoms with Crippen LogP contribution in [0.15, 0.2) is 29.3 Å². The van der Waals surface area contributed by atoms with Crippen LogP contribution in [-0.4, -0.2) is 65.1 Å². The Balaban J connectivity index is 2.40. The van der Waals surface area contributed by atoms with Gasteiger partial charge in [-0.05, 0) is 52.3 Å². The van der Waals surface area contributed by atoms with Crippen molar-refractivity contribution in [3.8, 4) is 5.75 Å². The van der Waals surface area contributed by atoms with Crippen molar-refractivity contribution < 1.29 is 19.1 Å². The van der Waals surface area contributed by atoms with Crippen molar-refractivity contribution in [2.75, 3.05) is 13.7 Å². The van der Waals surface area contributed by atoms with E-state index < -0.39 is 29.4 Å². The van der Waals surface area contributed by atoms with E-state index in [4.69, 9.17) is 4.74 Å². The highest BCUT2D eigenvalue weighted by molar-refractivity contribution is 6.38. The molecule has 1 aliphatic heterocycles. The number of rotatable bonds is 6. The van der Waals surface area contributed by atoms with Crippen LogP contribution in [0.5, 0.6) is 5.75 Å². The van der Waals surface area contributed by atoms with Crippen LogP contribution in [0.2, 0.25) is 0 Å². The topological polar surface area (TPSA) is 91.3 Å². The number of piperazine rings is 1. The van der Waals surface area contributed by atoms with Gasteiger partial charge >= 0.3 is 11.8 Å². The molecule has 0 saturated carbocycles. The predicted octanol–water partition coefficient (Wildman–Crippen LogP) is 1.59. The van der Waals surface area contributed by atoms with Gasteiger partial charge in [0.05, 0.1) is 19.5 Å². The molecule has 0 aromatic heterocycles. The van der Waals surface area contributed by atoms with Gasteiger partial charge in [-0.15, -0.1) is 0 Å². The minimum atomic E-state index is -0.843. The van der Waals surface area contributed by atoms with Crippen molar-refractivity contribution in [3.05, 3.63) is 29.8 Å². The van der Waals surface area contributed by atoms with Crippen LogP contribution in [0.25, 0.3) is 0 Å². The Morgan fingerprint density at radius 1 is 1.21 bits per heavy atom. The summed E-state index contributed by atoms with van der Waals surface area (Å²) in [6.07, 6.45) is 1.35. The van der Waals surface area contributed by atoms with Gasteiger partial charge in [0.15, 0.2) is 0 Å². The molecule has 1 aromatic rings. The lowest BCUT2D eigenvalue weighted by molar-refractivity contribution is -0.162. The highest BCUT2D eigenvalue weighted by Gasteiger charge is 2.47. The minimum Gasteiger partial charge on any atom is -0.497 e. The maximum atomic E-state index is 13.1. The Hall–Kier alpha value is -2.90. The Morgan fingerprint density at radius 3 is 2.34 bits per heavy atom. The summed E-state index contributed by atoms with van der Waals surface area (Å²) in [6, 6.07) is 5.77. The first-order chi connectivity index (χ1) is 13.6. The largest absolute Gasteiger partial charge is 0.497 e. The highest BCUT2D eigenvalue weighted by Crippen LogP contribution is 2.23. The number of benzene rings is 1. The van der Waals surface area contributed by atoms with E-state index in [2.05, 4.69) is 10.3 Å². The first kappa shape index (κ1) is 22.4. The van der Waals surface area contributed by atoms with E-state index in [0.717, 1.165) is 5.56 Å². The second-order valence-corrected chi connectivity index (χ2v) is 8.03. The van der Waals surface area contributed by atoms with Crippen LogP contribution >= 0.6 is 0 Å². The molecule has 0 spiro atoms. The molecule has 0 aliphatic carbocycles. The highest BCUT2D eigenvalue weighted by atomic mass is 16.5. The van der Waals surface area contributed by atoms with E-state index in [0.29, 0.717) is 12.3 Å². The number of hydrogen-bond acceptors (Lipinski definition) is 5. The van der Waals surface area contributed by atoms with Crippen LogP contribution < -0.4 is 10.1 Å². The Bertz CT molecular complexity index is 783. The smallest absolute Gasteiger partial charge is 0.317 e. The maximum absolute atomic E-state index is 13.1. The monoisotopic (exact) mass is 402 g/mol. The fourth-order valence-corrected chi connectivity index (χ4v) is 3.19. The number of amides is 3. The predicted molar refractivity (Wildman–Crippen MR) is 111 cm³/mol. The number of carbonyl (C=O) groups excluding carboxylic acids is 3. The molecular formula is C21H30N4O4. The van der Waals surface area contributed by atoms with E-state index in [-0.39, 0.29) is 12.5 Å². The lowest BCUT2D eigenvalue weighted by atomic mass is 9.98. The molecule has 8 nitrogen and oxygen atoms in total. The Kier molecular flexibility index (Phi) is 7.00. The first-order valence-corrected chi connectivity index (χ1v) is 9.67. The standard InChI is InChI=1S/C21H30N4O4/c1-7-22-13-25-14(2)17(18(26)23-21(3,4)5)24(19(27)20(25)28)12-15-8-10-16(29-6)11-9-15/h8-11,13-14,17H,7,12H2,1-6H3,(H,23,26). The average molecular weight is 402 g/mol. The van der Waals surface area contributed by atoms with E-state index in [9.17, 15) is 14.4 Å². The molecule has 1 aliphatic rings. The molecule has 8 heteroatoms. The summed E-state index contributed by atoms with van der Waals surface area (Å²) in [5, 5.41) is 2.93. The molecule has 2 rings (SSSR count). The normalized spacial score (nSPS) is 20.3. The summed E-state index contributed by atoms with van der Waals surface area (Å²) < 4.78 is 5.16. The van der Waals surface area contributed by atoms with Crippen molar-refractivity contribution >= 4 is 24.1 Å². The number of carbonyl (C=O) groups is 3. The van der Waals surface area contributed by atoms with Crippen LogP contribution in [-0.2, 0) is 20.9 Å². The fourth-order valence-electron chi connectivity index (χ4n) is 3.19. The molecule has 0 radical (unpaired) electrons. The molecule has 1 aromatic carbocycles. The summed E-state index contributed by atoms with van der Waals surface area (Å²) >= 11 is 0. The van der Waals surface area contributed by atoms with Crippen molar-refractivity contribution in [3.63, 3.8) is 0 Å². The zero-order valence-corrected chi connectivity index (χ0v) is 17.9. The van der Waals surface area contributed by atoms with Gasteiger partial charge < -0.3 is 15.0 Å². The van der Waals surface area contributed by atoms with Gasteiger partial charge in [0.2, 0.25) is 5.91 Å². The van der Waals surface area contributed by atoms with Gasteiger partial charge in [-0.3, -0.25) is 24.3 Å². The summed E-state index contributed by atoms with van der Waals surface area (Å²) in [4.78, 5) is 45.4. The number of ether oxygens (including phenoxy) is 1. The Labute approximate surface area is 171 Å². The lowest BCUT2D eigenvalue weighted by Crippen LogP contribution is -2.68. The van der Waals surface area contributed by atoms with E-state index in [1.54, 1.807) is 26.2 Å². The number of aliphatic imine (C=N–C) groups is 1. The van der Waals surface area contributed by atoms with E-state index in [1.807, 2.05) is 39.8 Å². The summed E-state index contributed by atoms with van der Waals surface area (Å²) in [5.41, 5.74) is 0.318. The molecular weight excluding hydrogens is 372 g/mol. The van der Waals surface area contributed by atoms with Gasteiger partial charge in [0.25, 0.3) is 0 Å². The van der Waals surface area contributed by atoms with Crippen LogP contribution in [0, 0.1) is 0 Å².